The highest BCUT2D eigenvalue weighted by atomic mass is 32.2. The molecule has 3 rings (SSSR count). The number of nitrogens with zero attached hydrogens (tertiary/aromatic N) is 1. The third kappa shape index (κ3) is 3.04. The fraction of sp³-hybridized carbons (Fsp3) is 0.167. The lowest BCUT2D eigenvalue weighted by Gasteiger charge is -2.08. The second-order valence-corrected chi connectivity index (χ2v) is 6.79. The molecule has 0 unspecified atom stereocenters. The van der Waals surface area contributed by atoms with Gasteiger partial charge < -0.3 is 0 Å². The lowest BCUT2D eigenvalue weighted by atomic mass is 10.0. The van der Waals surface area contributed by atoms with Gasteiger partial charge in [0.05, 0.1) is 10.2 Å². The first-order valence-corrected chi connectivity index (χ1v) is 9.10. The summed E-state index contributed by atoms with van der Waals surface area (Å²) in [6.07, 6.45) is 5.02. The van der Waals surface area contributed by atoms with E-state index in [0.29, 0.717) is 0 Å². The van der Waals surface area contributed by atoms with Gasteiger partial charge in [-0.1, -0.05) is 30.3 Å². The van der Waals surface area contributed by atoms with Crippen LogP contribution in [0.15, 0.2) is 55.1 Å². The zero-order valence-electron chi connectivity index (χ0n) is 12.0. The maximum absolute atomic E-state index is 4.75. The first-order chi connectivity index (χ1) is 10.3. The highest BCUT2D eigenvalue weighted by Crippen LogP contribution is 2.31. The van der Waals surface area contributed by atoms with E-state index in [1.54, 1.807) is 11.3 Å². The maximum atomic E-state index is 4.75. The summed E-state index contributed by atoms with van der Waals surface area (Å²) in [5.41, 5.74) is 5.04. The molecule has 3 aromatic rings. The lowest BCUT2D eigenvalue weighted by Crippen LogP contribution is -1.92. The van der Waals surface area contributed by atoms with Crippen molar-refractivity contribution in [2.24, 2.45) is 0 Å². The van der Waals surface area contributed by atoms with E-state index < -0.39 is 0 Å². The Labute approximate surface area is 133 Å². The molecule has 106 valence electrons. The molecule has 1 heterocycles. The standard InChI is InChI=1S/C18H17NS2/c1-3-6-13-11-14(9-10-15(13)12-20-2)18-19-16-7-4-5-8-17(16)21-18/h3-5,7-11H,1,6,12H2,2H3. The van der Waals surface area contributed by atoms with Crippen LogP contribution in [-0.2, 0) is 12.2 Å². The van der Waals surface area contributed by atoms with Crippen molar-refractivity contribution in [3.63, 3.8) is 0 Å². The fourth-order valence-corrected chi connectivity index (χ4v) is 3.95. The van der Waals surface area contributed by atoms with Crippen molar-refractivity contribution >= 4 is 33.3 Å². The molecule has 0 aliphatic rings. The number of rotatable bonds is 5. The summed E-state index contributed by atoms with van der Waals surface area (Å²) in [5.74, 6) is 1.04. The van der Waals surface area contributed by atoms with E-state index >= 15 is 0 Å². The Morgan fingerprint density at radius 3 is 2.81 bits per heavy atom. The van der Waals surface area contributed by atoms with Crippen molar-refractivity contribution < 1.29 is 0 Å². The van der Waals surface area contributed by atoms with Crippen molar-refractivity contribution in [1.82, 2.24) is 4.98 Å². The molecule has 0 bridgehead atoms. The summed E-state index contributed by atoms with van der Waals surface area (Å²) < 4.78 is 1.24. The molecule has 0 aliphatic carbocycles. The average molecular weight is 311 g/mol. The van der Waals surface area contributed by atoms with Crippen LogP contribution in [0.1, 0.15) is 11.1 Å². The number of allylic oxidation sites excluding steroid dienone is 1. The molecule has 0 N–H and O–H groups in total. The van der Waals surface area contributed by atoms with Gasteiger partial charge in [-0.25, -0.2) is 4.98 Å². The van der Waals surface area contributed by atoms with Crippen LogP contribution in [0.25, 0.3) is 20.8 Å². The third-order valence-electron chi connectivity index (χ3n) is 3.41. The predicted molar refractivity (Wildman–Crippen MR) is 96.2 cm³/mol. The quantitative estimate of drug-likeness (QED) is 0.573. The number of benzene rings is 2. The average Bonchev–Trinajstić information content (AvgIpc) is 2.93. The maximum Gasteiger partial charge on any atom is 0.124 e. The van der Waals surface area contributed by atoms with Crippen molar-refractivity contribution in [3.05, 3.63) is 66.2 Å². The minimum Gasteiger partial charge on any atom is -0.236 e. The van der Waals surface area contributed by atoms with E-state index in [9.17, 15) is 0 Å². The van der Waals surface area contributed by atoms with E-state index in [4.69, 9.17) is 4.98 Å². The number of hydrogen-bond acceptors (Lipinski definition) is 3. The van der Waals surface area contributed by atoms with Crippen LogP contribution in [0.5, 0.6) is 0 Å². The molecular formula is C18H17NS2. The van der Waals surface area contributed by atoms with Gasteiger partial charge in [0.1, 0.15) is 5.01 Å². The molecule has 0 spiro atoms. The summed E-state index contributed by atoms with van der Waals surface area (Å²) in [4.78, 5) is 4.75. The molecular weight excluding hydrogens is 294 g/mol. The summed E-state index contributed by atoms with van der Waals surface area (Å²) >= 11 is 3.61. The van der Waals surface area contributed by atoms with Crippen LogP contribution in [-0.4, -0.2) is 11.2 Å². The Morgan fingerprint density at radius 2 is 2.05 bits per heavy atom. The van der Waals surface area contributed by atoms with Crippen molar-refractivity contribution in [1.29, 1.82) is 0 Å². The van der Waals surface area contributed by atoms with Gasteiger partial charge in [0.25, 0.3) is 0 Å². The van der Waals surface area contributed by atoms with Crippen molar-refractivity contribution in [3.8, 4) is 10.6 Å². The van der Waals surface area contributed by atoms with Gasteiger partial charge in [-0.15, -0.1) is 17.9 Å². The summed E-state index contributed by atoms with van der Waals surface area (Å²) in [5, 5.41) is 1.09. The minimum absolute atomic E-state index is 0.911. The molecule has 1 aromatic heterocycles. The Morgan fingerprint density at radius 1 is 1.19 bits per heavy atom. The Kier molecular flexibility index (Phi) is 4.42. The van der Waals surface area contributed by atoms with Crippen molar-refractivity contribution in [2.45, 2.75) is 12.2 Å². The Balaban J connectivity index is 2.04. The second kappa shape index (κ2) is 6.46. The normalized spacial score (nSPS) is 10.9. The van der Waals surface area contributed by atoms with Crippen LogP contribution in [0, 0.1) is 0 Å². The lowest BCUT2D eigenvalue weighted by molar-refractivity contribution is 1.20. The van der Waals surface area contributed by atoms with Gasteiger partial charge in [-0.2, -0.15) is 11.8 Å². The van der Waals surface area contributed by atoms with Gasteiger partial charge in [0.15, 0.2) is 0 Å². The summed E-state index contributed by atoms with van der Waals surface area (Å²) in [6.45, 7) is 3.87. The smallest absolute Gasteiger partial charge is 0.124 e. The van der Waals surface area contributed by atoms with E-state index in [1.165, 1.54) is 21.4 Å². The first kappa shape index (κ1) is 14.4. The number of fused-ring (bicyclic) bond motifs is 1. The van der Waals surface area contributed by atoms with Crippen LogP contribution in [0.4, 0.5) is 0 Å². The summed E-state index contributed by atoms with van der Waals surface area (Å²) in [6, 6.07) is 15.0. The second-order valence-electron chi connectivity index (χ2n) is 4.90. The highest BCUT2D eigenvalue weighted by molar-refractivity contribution is 7.97. The zero-order valence-corrected chi connectivity index (χ0v) is 13.6. The third-order valence-corrected chi connectivity index (χ3v) is 5.10. The largest absolute Gasteiger partial charge is 0.236 e. The molecule has 2 aromatic carbocycles. The summed E-state index contributed by atoms with van der Waals surface area (Å²) in [7, 11) is 0. The van der Waals surface area contributed by atoms with E-state index in [-0.39, 0.29) is 0 Å². The van der Waals surface area contributed by atoms with Crippen LogP contribution in [0.2, 0.25) is 0 Å². The molecule has 0 aliphatic heterocycles. The SMILES string of the molecule is C=CCc1cc(-c2nc3ccccc3s2)ccc1CSC. The highest BCUT2D eigenvalue weighted by Gasteiger charge is 2.08. The van der Waals surface area contributed by atoms with Gasteiger partial charge >= 0.3 is 0 Å². The van der Waals surface area contributed by atoms with E-state index in [0.717, 1.165) is 22.7 Å². The van der Waals surface area contributed by atoms with Gasteiger partial charge in [-0.3, -0.25) is 0 Å². The van der Waals surface area contributed by atoms with Gasteiger partial charge in [-0.05, 0) is 42.0 Å². The molecule has 0 saturated heterocycles. The van der Waals surface area contributed by atoms with Crippen LogP contribution >= 0.6 is 23.1 Å². The topological polar surface area (TPSA) is 12.9 Å². The fourth-order valence-electron chi connectivity index (χ4n) is 2.40. The Hall–Kier alpha value is -1.58. The molecule has 21 heavy (non-hydrogen) atoms. The zero-order chi connectivity index (χ0) is 14.7. The minimum atomic E-state index is 0.911. The molecule has 0 atom stereocenters. The predicted octanol–water partition coefficient (Wildman–Crippen LogP) is 5.55. The molecule has 1 nitrogen and oxygen atoms in total. The number of aromatic nitrogens is 1. The van der Waals surface area contributed by atoms with Crippen molar-refractivity contribution in [2.75, 3.05) is 6.26 Å². The first-order valence-electron chi connectivity index (χ1n) is 6.89. The van der Waals surface area contributed by atoms with E-state index in [1.807, 2.05) is 23.9 Å². The molecule has 0 radical (unpaired) electrons. The number of hydrogen-bond donors (Lipinski definition) is 0. The monoisotopic (exact) mass is 311 g/mol. The Bertz CT molecular complexity index is 741. The molecule has 3 heteroatoms. The van der Waals surface area contributed by atoms with Gasteiger partial charge in [0.2, 0.25) is 0 Å². The molecule has 0 amide bonds. The van der Waals surface area contributed by atoms with E-state index in [2.05, 4.69) is 49.2 Å². The molecule has 0 saturated carbocycles. The number of para-hydroxylation sites is 1. The van der Waals surface area contributed by atoms with Crippen LogP contribution in [0.3, 0.4) is 0 Å². The van der Waals surface area contributed by atoms with Gasteiger partial charge in [0, 0.05) is 11.3 Å². The van der Waals surface area contributed by atoms with Crippen LogP contribution < -0.4 is 0 Å². The molecule has 0 fully saturated rings. The number of thiazole rings is 1. The number of thioether (sulfide) groups is 1.